The molecule has 0 unspecified atom stereocenters. The summed E-state index contributed by atoms with van der Waals surface area (Å²) in [6.07, 6.45) is 3.22. The van der Waals surface area contributed by atoms with E-state index in [1.165, 1.54) is 0 Å². The summed E-state index contributed by atoms with van der Waals surface area (Å²) < 4.78 is 4.97. The smallest absolute Gasteiger partial charge is 0.253 e. The average Bonchev–Trinajstić information content (AvgIpc) is 2.91. The van der Waals surface area contributed by atoms with Crippen LogP contribution in [0.1, 0.15) is 28.4 Å². The van der Waals surface area contributed by atoms with Crippen LogP contribution in [-0.2, 0) is 6.54 Å². The number of rotatable bonds is 5. The van der Waals surface area contributed by atoms with E-state index >= 15 is 0 Å². The Kier molecular flexibility index (Phi) is 4.23. The first-order chi connectivity index (χ1) is 9.20. The zero-order valence-corrected chi connectivity index (χ0v) is 11.2. The Morgan fingerprint density at radius 1 is 1.32 bits per heavy atom. The number of benzene rings is 1. The molecule has 0 aliphatic heterocycles. The maximum Gasteiger partial charge on any atom is 0.253 e. The zero-order valence-electron chi connectivity index (χ0n) is 11.2. The molecule has 100 valence electrons. The Bertz CT molecular complexity index is 547. The van der Waals surface area contributed by atoms with E-state index < -0.39 is 0 Å². The highest BCUT2D eigenvalue weighted by Crippen LogP contribution is 2.17. The first kappa shape index (κ1) is 13.2. The van der Waals surface area contributed by atoms with Crippen molar-refractivity contribution in [3.05, 3.63) is 53.5 Å². The van der Waals surface area contributed by atoms with Crippen molar-refractivity contribution in [1.82, 2.24) is 5.32 Å². The van der Waals surface area contributed by atoms with E-state index in [-0.39, 0.29) is 5.91 Å². The molecule has 0 aliphatic carbocycles. The van der Waals surface area contributed by atoms with Gasteiger partial charge in [-0.05, 0) is 32.0 Å². The molecule has 0 spiro atoms. The van der Waals surface area contributed by atoms with Gasteiger partial charge in [-0.25, -0.2) is 0 Å². The lowest BCUT2D eigenvalue weighted by Gasteiger charge is -2.11. The Labute approximate surface area is 112 Å². The third-order valence-corrected chi connectivity index (χ3v) is 2.82. The fraction of sp³-hybridized carbons (Fsp3) is 0.267. The van der Waals surface area contributed by atoms with E-state index in [0.29, 0.717) is 12.1 Å². The minimum Gasteiger partial charge on any atom is -0.472 e. The van der Waals surface area contributed by atoms with Gasteiger partial charge in [0.15, 0.2) is 0 Å². The number of aryl methyl sites for hydroxylation is 1. The average molecular weight is 258 g/mol. The molecule has 0 bridgehead atoms. The summed E-state index contributed by atoms with van der Waals surface area (Å²) in [5.74, 6) is -0.0825. The van der Waals surface area contributed by atoms with Gasteiger partial charge in [0.2, 0.25) is 0 Å². The molecule has 1 aromatic carbocycles. The van der Waals surface area contributed by atoms with Gasteiger partial charge in [-0.1, -0.05) is 11.6 Å². The molecule has 0 aliphatic rings. The second kappa shape index (κ2) is 6.09. The van der Waals surface area contributed by atoms with E-state index in [4.69, 9.17) is 4.42 Å². The SMILES string of the molecule is CCNc1ccc(C)cc1C(=O)NCc1ccoc1. The van der Waals surface area contributed by atoms with E-state index in [0.717, 1.165) is 23.4 Å². The Balaban J connectivity index is 2.11. The van der Waals surface area contributed by atoms with Crippen LogP contribution < -0.4 is 10.6 Å². The molecule has 0 fully saturated rings. The molecular weight excluding hydrogens is 240 g/mol. The van der Waals surface area contributed by atoms with E-state index in [9.17, 15) is 4.79 Å². The summed E-state index contributed by atoms with van der Waals surface area (Å²) in [7, 11) is 0. The van der Waals surface area contributed by atoms with Gasteiger partial charge in [0, 0.05) is 24.3 Å². The van der Waals surface area contributed by atoms with E-state index in [1.807, 2.05) is 38.1 Å². The van der Waals surface area contributed by atoms with Crippen LogP contribution in [0.5, 0.6) is 0 Å². The summed E-state index contributed by atoms with van der Waals surface area (Å²) >= 11 is 0. The van der Waals surface area contributed by atoms with Crippen LogP contribution in [0.4, 0.5) is 5.69 Å². The minimum absolute atomic E-state index is 0.0825. The summed E-state index contributed by atoms with van der Waals surface area (Å²) in [6, 6.07) is 7.65. The number of hydrogen-bond acceptors (Lipinski definition) is 3. The molecule has 4 nitrogen and oxygen atoms in total. The first-order valence-electron chi connectivity index (χ1n) is 6.34. The number of hydrogen-bond donors (Lipinski definition) is 2. The monoisotopic (exact) mass is 258 g/mol. The molecule has 0 radical (unpaired) electrons. The summed E-state index contributed by atoms with van der Waals surface area (Å²) in [4.78, 5) is 12.2. The zero-order chi connectivity index (χ0) is 13.7. The van der Waals surface area contributed by atoms with Gasteiger partial charge >= 0.3 is 0 Å². The van der Waals surface area contributed by atoms with Crippen molar-refractivity contribution in [2.24, 2.45) is 0 Å². The number of amides is 1. The molecule has 1 heterocycles. The van der Waals surface area contributed by atoms with Crippen LogP contribution in [0.3, 0.4) is 0 Å². The number of nitrogens with one attached hydrogen (secondary N) is 2. The highest BCUT2D eigenvalue weighted by Gasteiger charge is 2.11. The topological polar surface area (TPSA) is 54.3 Å². The van der Waals surface area contributed by atoms with Gasteiger partial charge in [0.05, 0.1) is 18.1 Å². The summed E-state index contributed by atoms with van der Waals surface area (Å²) in [5, 5.41) is 6.09. The van der Waals surface area contributed by atoms with Crippen molar-refractivity contribution in [1.29, 1.82) is 0 Å². The molecule has 2 rings (SSSR count). The summed E-state index contributed by atoms with van der Waals surface area (Å²) in [5.41, 5.74) is 3.55. The molecule has 1 amide bonds. The predicted molar refractivity (Wildman–Crippen MR) is 75.2 cm³/mol. The number of furan rings is 1. The molecule has 0 saturated heterocycles. The molecule has 2 N–H and O–H groups in total. The van der Waals surface area contributed by atoms with Gasteiger partial charge < -0.3 is 15.1 Å². The number of carbonyl (C=O) groups is 1. The lowest BCUT2D eigenvalue weighted by Crippen LogP contribution is -2.23. The van der Waals surface area contributed by atoms with Gasteiger partial charge in [-0.3, -0.25) is 4.79 Å². The van der Waals surface area contributed by atoms with Crippen molar-refractivity contribution >= 4 is 11.6 Å². The standard InChI is InChI=1S/C15H18N2O2/c1-3-16-14-5-4-11(2)8-13(14)15(18)17-9-12-6-7-19-10-12/h4-8,10,16H,3,9H2,1-2H3,(H,17,18). The van der Waals surface area contributed by atoms with Gasteiger partial charge in [0.25, 0.3) is 5.91 Å². The molecular formula is C15H18N2O2. The van der Waals surface area contributed by atoms with Gasteiger partial charge in [-0.2, -0.15) is 0 Å². The van der Waals surface area contributed by atoms with Crippen LogP contribution in [0.15, 0.2) is 41.2 Å². The van der Waals surface area contributed by atoms with Crippen LogP contribution in [0, 0.1) is 6.92 Å². The quantitative estimate of drug-likeness (QED) is 0.867. The molecule has 0 saturated carbocycles. The maximum absolute atomic E-state index is 12.2. The van der Waals surface area contributed by atoms with Crippen molar-refractivity contribution in [2.45, 2.75) is 20.4 Å². The second-order valence-electron chi connectivity index (χ2n) is 4.39. The van der Waals surface area contributed by atoms with Crippen LogP contribution in [0.2, 0.25) is 0 Å². The fourth-order valence-corrected chi connectivity index (χ4v) is 1.86. The lowest BCUT2D eigenvalue weighted by atomic mass is 10.1. The largest absolute Gasteiger partial charge is 0.472 e. The Morgan fingerprint density at radius 3 is 2.84 bits per heavy atom. The highest BCUT2D eigenvalue weighted by molar-refractivity contribution is 5.99. The van der Waals surface area contributed by atoms with Gasteiger partial charge in [0.1, 0.15) is 0 Å². The Hall–Kier alpha value is -2.23. The normalized spacial score (nSPS) is 10.2. The lowest BCUT2D eigenvalue weighted by molar-refractivity contribution is 0.0951. The van der Waals surface area contributed by atoms with E-state index in [1.54, 1.807) is 12.5 Å². The molecule has 19 heavy (non-hydrogen) atoms. The van der Waals surface area contributed by atoms with Crippen LogP contribution in [-0.4, -0.2) is 12.5 Å². The molecule has 1 aromatic heterocycles. The van der Waals surface area contributed by atoms with Crippen molar-refractivity contribution in [2.75, 3.05) is 11.9 Å². The number of carbonyl (C=O) groups excluding carboxylic acids is 1. The first-order valence-corrected chi connectivity index (χ1v) is 6.34. The van der Waals surface area contributed by atoms with Crippen LogP contribution >= 0.6 is 0 Å². The van der Waals surface area contributed by atoms with Crippen molar-refractivity contribution in [3.63, 3.8) is 0 Å². The maximum atomic E-state index is 12.2. The van der Waals surface area contributed by atoms with Gasteiger partial charge in [-0.15, -0.1) is 0 Å². The Morgan fingerprint density at radius 2 is 2.16 bits per heavy atom. The molecule has 0 atom stereocenters. The number of anilines is 1. The third-order valence-electron chi connectivity index (χ3n) is 2.82. The second-order valence-corrected chi connectivity index (χ2v) is 4.39. The molecule has 4 heteroatoms. The highest BCUT2D eigenvalue weighted by atomic mass is 16.3. The van der Waals surface area contributed by atoms with Crippen molar-refractivity contribution in [3.8, 4) is 0 Å². The predicted octanol–water partition coefficient (Wildman–Crippen LogP) is 2.95. The summed E-state index contributed by atoms with van der Waals surface area (Å²) in [6.45, 7) is 5.23. The molecule has 2 aromatic rings. The van der Waals surface area contributed by atoms with Crippen LogP contribution in [0.25, 0.3) is 0 Å². The minimum atomic E-state index is -0.0825. The van der Waals surface area contributed by atoms with Crippen molar-refractivity contribution < 1.29 is 9.21 Å². The third kappa shape index (κ3) is 3.37. The fourth-order valence-electron chi connectivity index (χ4n) is 1.86. The van der Waals surface area contributed by atoms with E-state index in [2.05, 4.69) is 10.6 Å².